The molecule has 0 saturated heterocycles. The van der Waals surface area contributed by atoms with Crippen molar-refractivity contribution in [1.82, 2.24) is 15.6 Å². The Balaban J connectivity index is 1.85. The molecule has 2 aromatic rings. The number of aliphatic carboxylic acids is 1. The lowest BCUT2D eigenvalue weighted by Crippen LogP contribution is -2.48. The third-order valence-corrected chi connectivity index (χ3v) is 6.64. The zero-order chi connectivity index (χ0) is 29.9. The molecule has 11 heteroatoms. The fourth-order valence-corrected chi connectivity index (χ4v) is 4.20. The number of carboxylic acids is 1. The highest BCUT2D eigenvalue weighted by molar-refractivity contribution is 5.92. The molecule has 0 saturated carbocycles. The summed E-state index contributed by atoms with van der Waals surface area (Å²) in [5.74, 6) is -1.29. The molecule has 0 aliphatic heterocycles. The minimum Gasteiger partial charge on any atom is -0.497 e. The summed E-state index contributed by atoms with van der Waals surface area (Å²) < 4.78 is 5.48. The number of amides is 2. The first-order valence-electron chi connectivity index (χ1n) is 13.9. The highest BCUT2D eigenvalue weighted by atomic mass is 16.5. The van der Waals surface area contributed by atoms with E-state index >= 15 is 0 Å². The van der Waals surface area contributed by atoms with Crippen molar-refractivity contribution >= 4 is 34.4 Å². The topological polar surface area (TPSA) is 182 Å². The van der Waals surface area contributed by atoms with Crippen LogP contribution in [-0.2, 0) is 19.8 Å². The number of carboxylic acid groups (broad SMARTS) is 1. The van der Waals surface area contributed by atoms with Crippen molar-refractivity contribution in [3.05, 3.63) is 30.0 Å². The number of hydrogen-bond acceptors (Lipinski definition) is 8. The van der Waals surface area contributed by atoms with E-state index in [0.29, 0.717) is 25.9 Å². The van der Waals surface area contributed by atoms with Crippen LogP contribution in [0.2, 0.25) is 0 Å². The summed E-state index contributed by atoms with van der Waals surface area (Å²) in [6, 6.07) is 6.11. The number of fused-ring (bicyclic) bond motifs is 1. The van der Waals surface area contributed by atoms with Crippen molar-refractivity contribution in [2.24, 2.45) is 11.5 Å². The Kier molecular flexibility index (Phi) is 12.6. The maximum atomic E-state index is 12.3. The molecular weight excluding hydrogens is 512 g/mol. The van der Waals surface area contributed by atoms with Gasteiger partial charge in [-0.3, -0.25) is 14.6 Å². The van der Waals surface area contributed by atoms with E-state index in [1.807, 2.05) is 18.2 Å². The van der Waals surface area contributed by atoms with Gasteiger partial charge in [-0.2, -0.15) is 0 Å². The lowest BCUT2D eigenvalue weighted by Gasteiger charge is -2.21. The molecule has 40 heavy (non-hydrogen) atoms. The number of nitrogens with two attached hydrogens (primary N) is 2. The predicted octanol–water partition coefficient (Wildman–Crippen LogP) is 2.65. The van der Waals surface area contributed by atoms with Gasteiger partial charge in [-0.25, -0.2) is 4.79 Å². The molecule has 0 bridgehead atoms. The first kappa shape index (κ1) is 32.8. The van der Waals surface area contributed by atoms with Gasteiger partial charge in [0.1, 0.15) is 11.8 Å². The van der Waals surface area contributed by atoms with Crippen LogP contribution in [0.1, 0.15) is 71.9 Å². The maximum absolute atomic E-state index is 12.3. The fraction of sp³-hybridized carbons (Fsp3) is 0.586. The quantitative estimate of drug-likeness (QED) is 0.169. The number of carbonyl (C=O) groups is 3. The van der Waals surface area contributed by atoms with Crippen molar-refractivity contribution < 1.29 is 24.2 Å². The molecule has 11 nitrogen and oxygen atoms in total. The van der Waals surface area contributed by atoms with Crippen LogP contribution in [-0.4, -0.2) is 66.2 Å². The number of nitrogens with zero attached hydrogens (tertiary/aromatic N) is 1. The predicted molar refractivity (Wildman–Crippen MR) is 157 cm³/mol. The minimum atomic E-state index is -1.21. The van der Waals surface area contributed by atoms with Gasteiger partial charge in [0.15, 0.2) is 0 Å². The summed E-state index contributed by atoms with van der Waals surface area (Å²) in [4.78, 5) is 40.9. The molecule has 0 spiro atoms. The standard InChI is InChI=1S/C29H46N6O5/c1-18(33-23-17-20(40-5)16-19-10-12-24(29(2,3)4)35-26(19)23)8-7-15-32-25(36)13-11-22(28(38)39)34-27(37)21(31)9-6-14-30/h10,12,16-18,21-22,33H,6-9,11,13-15,30-31H2,1-5H3,(H,32,36)(H,34,37)(H,38,39)/t18?,21-,22+/m1/s1. The molecule has 0 radical (unpaired) electrons. The molecule has 1 unspecified atom stereocenters. The molecule has 0 fully saturated rings. The second-order valence-electron chi connectivity index (χ2n) is 11.2. The van der Waals surface area contributed by atoms with Gasteiger partial charge in [-0.05, 0) is 57.7 Å². The number of benzene rings is 1. The average Bonchev–Trinajstić information content (AvgIpc) is 2.90. The molecular formula is C29H46N6O5. The maximum Gasteiger partial charge on any atom is 0.326 e. The number of carbonyl (C=O) groups excluding carboxylic acids is 2. The van der Waals surface area contributed by atoms with Crippen LogP contribution in [0, 0.1) is 0 Å². The lowest BCUT2D eigenvalue weighted by molar-refractivity contribution is -0.142. The van der Waals surface area contributed by atoms with Crippen LogP contribution in [0.3, 0.4) is 0 Å². The van der Waals surface area contributed by atoms with Gasteiger partial charge in [0.25, 0.3) is 0 Å². The van der Waals surface area contributed by atoms with E-state index in [-0.39, 0.29) is 30.2 Å². The molecule has 2 amide bonds. The number of nitrogens with one attached hydrogen (secondary N) is 3. The van der Waals surface area contributed by atoms with E-state index in [9.17, 15) is 19.5 Å². The number of hydrogen-bond donors (Lipinski definition) is 6. The van der Waals surface area contributed by atoms with Crippen LogP contribution >= 0.6 is 0 Å². The third-order valence-electron chi connectivity index (χ3n) is 6.64. The molecule has 1 aromatic carbocycles. The van der Waals surface area contributed by atoms with Gasteiger partial charge >= 0.3 is 5.97 Å². The Morgan fingerprint density at radius 3 is 2.45 bits per heavy atom. The summed E-state index contributed by atoms with van der Waals surface area (Å²) in [7, 11) is 1.64. The highest BCUT2D eigenvalue weighted by Gasteiger charge is 2.24. The lowest BCUT2D eigenvalue weighted by atomic mass is 9.91. The van der Waals surface area contributed by atoms with E-state index in [0.717, 1.165) is 40.9 Å². The van der Waals surface area contributed by atoms with Crippen molar-refractivity contribution in [2.75, 3.05) is 25.5 Å². The largest absolute Gasteiger partial charge is 0.497 e. The van der Waals surface area contributed by atoms with Crippen LogP contribution in [0.5, 0.6) is 5.75 Å². The molecule has 1 heterocycles. The fourth-order valence-electron chi connectivity index (χ4n) is 4.20. The molecule has 0 aliphatic rings. The summed E-state index contributed by atoms with van der Waals surface area (Å²) >= 11 is 0. The number of anilines is 1. The molecule has 8 N–H and O–H groups in total. The van der Waals surface area contributed by atoms with Crippen LogP contribution < -0.4 is 32.2 Å². The van der Waals surface area contributed by atoms with Gasteiger partial charge in [0.2, 0.25) is 11.8 Å². The molecule has 0 aliphatic carbocycles. The van der Waals surface area contributed by atoms with Crippen molar-refractivity contribution in [1.29, 1.82) is 0 Å². The Hall–Kier alpha value is -3.44. The summed E-state index contributed by atoms with van der Waals surface area (Å²) in [6.07, 6.45) is 2.38. The van der Waals surface area contributed by atoms with E-state index < -0.39 is 24.0 Å². The normalized spacial score (nSPS) is 13.8. The number of aromatic nitrogens is 1. The van der Waals surface area contributed by atoms with E-state index in [1.54, 1.807) is 7.11 Å². The molecule has 1 aromatic heterocycles. The number of pyridine rings is 1. The first-order chi connectivity index (χ1) is 18.8. The van der Waals surface area contributed by atoms with Crippen LogP contribution in [0.25, 0.3) is 10.9 Å². The van der Waals surface area contributed by atoms with E-state index in [4.69, 9.17) is 21.2 Å². The summed E-state index contributed by atoms with van der Waals surface area (Å²) in [5.41, 5.74) is 13.9. The second-order valence-corrected chi connectivity index (χ2v) is 11.2. The van der Waals surface area contributed by atoms with Crippen molar-refractivity contribution in [3.63, 3.8) is 0 Å². The van der Waals surface area contributed by atoms with Crippen LogP contribution in [0.4, 0.5) is 5.69 Å². The molecule has 222 valence electrons. The molecule has 2 rings (SSSR count). The zero-order valence-electron chi connectivity index (χ0n) is 24.4. The Bertz CT molecular complexity index is 1150. The monoisotopic (exact) mass is 558 g/mol. The van der Waals surface area contributed by atoms with Crippen molar-refractivity contribution in [3.8, 4) is 5.75 Å². The van der Waals surface area contributed by atoms with E-state index in [2.05, 4.69) is 49.7 Å². The van der Waals surface area contributed by atoms with Gasteiger partial charge in [-0.1, -0.05) is 26.8 Å². The second kappa shape index (κ2) is 15.4. The average molecular weight is 559 g/mol. The van der Waals surface area contributed by atoms with Gasteiger partial charge in [-0.15, -0.1) is 0 Å². The Morgan fingerprint density at radius 2 is 1.82 bits per heavy atom. The number of ether oxygens (including phenoxy) is 1. The van der Waals surface area contributed by atoms with Crippen molar-refractivity contribution in [2.45, 2.75) is 89.8 Å². The zero-order valence-corrected chi connectivity index (χ0v) is 24.4. The minimum absolute atomic E-state index is 0.0268. The van der Waals surface area contributed by atoms with E-state index in [1.165, 1.54) is 0 Å². The first-order valence-corrected chi connectivity index (χ1v) is 13.9. The number of rotatable bonds is 16. The van der Waals surface area contributed by atoms with Gasteiger partial charge in [0, 0.05) is 41.6 Å². The Labute approximate surface area is 236 Å². The van der Waals surface area contributed by atoms with Gasteiger partial charge < -0.3 is 37.3 Å². The number of methoxy groups -OCH3 is 1. The Morgan fingerprint density at radius 1 is 1.10 bits per heavy atom. The highest BCUT2D eigenvalue weighted by Crippen LogP contribution is 2.31. The SMILES string of the molecule is COc1cc(NC(C)CCCNC(=O)CC[C@H](NC(=O)[C@H](N)CCCN)C(=O)O)c2nc(C(C)(C)C)ccc2c1. The summed E-state index contributed by atoms with van der Waals surface area (Å²) in [6.45, 7) is 9.31. The summed E-state index contributed by atoms with van der Waals surface area (Å²) in [5, 5.41) is 19.2. The van der Waals surface area contributed by atoms with Gasteiger partial charge in [0.05, 0.1) is 24.4 Å². The molecule has 3 atom stereocenters. The smallest absolute Gasteiger partial charge is 0.326 e. The third kappa shape index (κ3) is 10.3. The van der Waals surface area contributed by atoms with Crippen LogP contribution in [0.15, 0.2) is 24.3 Å².